The summed E-state index contributed by atoms with van der Waals surface area (Å²) in [5, 5.41) is 6.76. The van der Waals surface area contributed by atoms with E-state index >= 15 is 0 Å². The average molecular weight is 381 g/mol. The van der Waals surface area contributed by atoms with Crippen molar-refractivity contribution in [1.29, 1.82) is 0 Å². The van der Waals surface area contributed by atoms with Crippen molar-refractivity contribution in [2.45, 2.75) is 0 Å². The standard InChI is InChI=1S/C20H19N3O3S/c24-19(18-13-14-3-1-2-4-17(14)26-18)22-20(27)21-15-5-7-16(8-6-15)23-9-11-25-12-10-23/h1-8,13H,9-12H2,(H2,21,22,24,27). The number of furan rings is 1. The lowest BCUT2D eigenvalue weighted by Crippen LogP contribution is -2.36. The molecule has 1 fully saturated rings. The summed E-state index contributed by atoms with van der Waals surface area (Å²) in [6.07, 6.45) is 0. The third kappa shape index (κ3) is 4.10. The smallest absolute Gasteiger partial charge is 0.293 e. The maximum atomic E-state index is 12.3. The van der Waals surface area contributed by atoms with E-state index < -0.39 is 0 Å². The van der Waals surface area contributed by atoms with Crippen LogP contribution in [0.25, 0.3) is 11.0 Å². The number of nitrogens with zero attached hydrogens (tertiary/aromatic N) is 1. The van der Waals surface area contributed by atoms with E-state index in [2.05, 4.69) is 15.5 Å². The second-order valence-corrected chi connectivity index (χ2v) is 6.61. The van der Waals surface area contributed by atoms with Crippen molar-refractivity contribution in [3.63, 3.8) is 0 Å². The molecule has 1 saturated heterocycles. The maximum Gasteiger partial charge on any atom is 0.293 e. The van der Waals surface area contributed by atoms with E-state index in [0.717, 1.165) is 43.1 Å². The van der Waals surface area contributed by atoms with Crippen LogP contribution in [0, 0.1) is 0 Å². The van der Waals surface area contributed by atoms with Gasteiger partial charge in [0.15, 0.2) is 10.9 Å². The molecular formula is C20H19N3O3S. The maximum absolute atomic E-state index is 12.3. The molecule has 1 aliphatic heterocycles. The predicted octanol–water partition coefficient (Wildman–Crippen LogP) is 3.40. The Labute approximate surface area is 162 Å². The fraction of sp³-hybridized carbons (Fsp3) is 0.200. The first kappa shape index (κ1) is 17.5. The van der Waals surface area contributed by atoms with Crippen LogP contribution in [0.5, 0.6) is 0 Å². The Morgan fingerprint density at radius 3 is 2.52 bits per heavy atom. The molecule has 4 rings (SSSR count). The van der Waals surface area contributed by atoms with E-state index in [1.54, 1.807) is 6.07 Å². The zero-order valence-corrected chi connectivity index (χ0v) is 15.4. The molecule has 7 heteroatoms. The normalized spacial score (nSPS) is 14.1. The van der Waals surface area contributed by atoms with Crippen molar-refractivity contribution < 1.29 is 13.9 Å². The Morgan fingerprint density at radius 1 is 1.04 bits per heavy atom. The Bertz CT molecular complexity index is 929. The molecule has 2 N–H and O–H groups in total. The van der Waals surface area contributed by atoms with E-state index in [9.17, 15) is 4.79 Å². The van der Waals surface area contributed by atoms with Crippen LogP contribution in [0.2, 0.25) is 0 Å². The van der Waals surface area contributed by atoms with Crippen LogP contribution in [0.1, 0.15) is 10.6 Å². The van der Waals surface area contributed by atoms with E-state index in [1.807, 2.05) is 48.5 Å². The second-order valence-electron chi connectivity index (χ2n) is 6.20. The summed E-state index contributed by atoms with van der Waals surface area (Å²) < 4.78 is 10.9. The number of hydrogen-bond donors (Lipinski definition) is 2. The largest absolute Gasteiger partial charge is 0.451 e. The number of anilines is 2. The van der Waals surface area contributed by atoms with Gasteiger partial charge in [0.05, 0.1) is 13.2 Å². The minimum absolute atomic E-state index is 0.222. The number of carbonyl (C=O) groups excluding carboxylic acids is 1. The number of para-hydroxylation sites is 1. The number of nitrogens with one attached hydrogen (secondary N) is 2. The highest BCUT2D eigenvalue weighted by Crippen LogP contribution is 2.20. The van der Waals surface area contributed by atoms with Crippen molar-refractivity contribution in [2.75, 3.05) is 36.5 Å². The summed E-state index contributed by atoms with van der Waals surface area (Å²) >= 11 is 5.24. The van der Waals surface area contributed by atoms with Crippen LogP contribution in [0.4, 0.5) is 11.4 Å². The second kappa shape index (κ2) is 7.77. The third-order valence-corrected chi connectivity index (χ3v) is 4.58. The number of morpholine rings is 1. The minimum Gasteiger partial charge on any atom is -0.451 e. The quantitative estimate of drug-likeness (QED) is 0.678. The van der Waals surface area contributed by atoms with Crippen molar-refractivity contribution in [3.05, 3.63) is 60.4 Å². The molecule has 0 unspecified atom stereocenters. The summed E-state index contributed by atoms with van der Waals surface area (Å²) in [6, 6.07) is 17.1. The molecule has 0 saturated carbocycles. The SMILES string of the molecule is O=C(NC(=S)Nc1ccc(N2CCOCC2)cc1)c1cc2ccccc2o1. The Kier molecular flexibility index (Phi) is 5.04. The van der Waals surface area contributed by atoms with Gasteiger partial charge in [0, 0.05) is 29.9 Å². The van der Waals surface area contributed by atoms with Crippen LogP contribution in [0.15, 0.2) is 59.0 Å². The van der Waals surface area contributed by atoms with Gasteiger partial charge in [-0.3, -0.25) is 10.1 Å². The molecule has 0 atom stereocenters. The zero-order chi connectivity index (χ0) is 18.6. The van der Waals surface area contributed by atoms with Gasteiger partial charge < -0.3 is 19.4 Å². The molecule has 1 aliphatic rings. The van der Waals surface area contributed by atoms with Crippen molar-refractivity contribution in [2.24, 2.45) is 0 Å². The number of hydrogen-bond acceptors (Lipinski definition) is 5. The van der Waals surface area contributed by atoms with E-state index in [1.165, 1.54) is 0 Å². The third-order valence-electron chi connectivity index (χ3n) is 4.38. The van der Waals surface area contributed by atoms with Gasteiger partial charge in [-0.15, -0.1) is 0 Å². The number of thiocarbonyl (C=S) groups is 1. The molecule has 138 valence electrons. The van der Waals surface area contributed by atoms with Gasteiger partial charge in [0.25, 0.3) is 5.91 Å². The van der Waals surface area contributed by atoms with E-state index in [4.69, 9.17) is 21.4 Å². The lowest BCUT2D eigenvalue weighted by atomic mass is 10.2. The topological polar surface area (TPSA) is 66.7 Å². The fourth-order valence-electron chi connectivity index (χ4n) is 3.00. The highest BCUT2D eigenvalue weighted by Gasteiger charge is 2.14. The van der Waals surface area contributed by atoms with Gasteiger partial charge in [0.1, 0.15) is 5.58 Å². The monoisotopic (exact) mass is 381 g/mol. The van der Waals surface area contributed by atoms with Crippen molar-refractivity contribution in [1.82, 2.24) is 5.32 Å². The molecular weight excluding hydrogens is 362 g/mol. The highest BCUT2D eigenvalue weighted by molar-refractivity contribution is 7.80. The van der Waals surface area contributed by atoms with Crippen LogP contribution in [-0.4, -0.2) is 37.3 Å². The fourth-order valence-corrected chi connectivity index (χ4v) is 3.21. The van der Waals surface area contributed by atoms with Crippen molar-refractivity contribution in [3.8, 4) is 0 Å². The summed E-state index contributed by atoms with van der Waals surface area (Å²) in [5.41, 5.74) is 2.61. The molecule has 0 aliphatic carbocycles. The molecule has 3 aromatic rings. The predicted molar refractivity (Wildman–Crippen MR) is 109 cm³/mol. The lowest BCUT2D eigenvalue weighted by molar-refractivity contribution is 0.0953. The van der Waals surface area contributed by atoms with Crippen LogP contribution in [-0.2, 0) is 4.74 Å². The molecule has 6 nitrogen and oxygen atoms in total. The molecule has 1 amide bonds. The first-order valence-electron chi connectivity index (χ1n) is 8.73. The van der Waals surface area contributed by atoms with Gasteiger partial charge in [-0.2, -0.15) is 0 Å². The molecule has 0 bridgehead atoms. The summed E-state index contributed by atoms with van der Waals surface area (Å²) in [5.74, 6) is -0.156. The first-order valence-corrected chi connectivity index (χ1v) is 9.13. The number of ether oxygens (including phenoxy) is 1. The molecule has 0 spiro atoms. The Morgan fingerprint density at radius 2 is 1.78 bits per heavy atom. The van der Waals surface area contributed by atoms with Gasteiger partial charge in [-0.25, -0.2) is 0 Å². The Balaban J connectivity index is 1.36. The number of rotatable bonds is 3. The molecule has 2 aromatic carbocycles. The van der Waals surface area contributed by atoms with Crippen LogP contribution in [0.3, 0.4) is 0 Å². The zero-order valence-electron chi connectivity index (χ0n) is 14.6. The van der Waals surface area contributed by atoms with Gasteiger partial charge in [-0.1, -0.05) is 18.2 Å². The summed E-state index contributed by atoms with van der Waals surface area (Å²) in [6.45, 7) is 3.27. The molecule has 0 radical (unpaired) electrons. The molecule has 27 heavy (non-hydrogen) atoms. The highest BCUT2D eigenvalue weighted by atomic mass is 32.1. The van der Waals surface area contributed by atoms with Gasteiger partial charge >= 0.3 is 0 Å². The number of carbonyl (C=O) groups is 1. The van der Waals surface area contributed by atoms with Crippen LogP contribution < -0.4 is 15.5 Å². The first-order chi connectivity index (χ1) is 13.2. The van der Waals surface area contributed by atoms with Crippen LogP contribution >= 0.6 is 12.2 Å². The number of benzene rings is 2. The summed E-state index contributed by atoms with van der Waals surface area (Å²) in [4.78, 5) is 14.6. The van der Waals surface area contributed by atoms with E-state index in [0.29, 0.717) is 5.58 Å². The average Bonchev–Trinajstić information content (AvgIpc) is 3.14. The number of amides is 1. The molecule has 2 heterocycles. The molecule has 1 aromatic heterocycles. The minimum atomic E-state index is -0.381. The summed E-state index contributed by atoms with van der Waals surface area (Å²) in [7, 11) is 0. The van der Waals surface area contributed by atoms with E-state index in [-0.39, 0.29) is 16.8 Å². The van der Waals surface area contributed by atoms with Gasteiger partial charge in [0.2, 0.25) is 0 Å². The Hall–Kier alpha value is -2.90. The number of fused-ring (bicyclic) bond motifs is 1. The lowest BCUT2D eigenvalue weighted by Gasteiger charge is -2.28. The van der Waals surface area contributed by atoms with Gasteiger partial charge in [-0.05, 0) is 48.6 Å². The van der Waals surface area contributed by atoms with Crippen molar-refractivity contribution >= 4 is 45.6 Å².